The van der Waals surface area contributed by atoms with Gasteiger partial charge in [0.25, 0.3) is 5.91 Å². The molecule has 0 fully saturated rings. The van der Waals surface area contributed by atoms with E-state index >= 15 is 0 Å². The number of amides is 1. The van der Waals surface area contributed by atoms with E-state index in [0.717, 1.165) is 30.5 Å². The van der Waals surface area contributed by atoms with Gasteiger partial charge in [0, 0.05) is 23.4 Å². The fourth-order valence-electron chi connectivity index (χ4n) is 3.76. The van der Waals surface area contributed by atoms with Gasteiger partial charge >= 0.3 is 5.97 Å². The van der Waals surface area contributed by atoms with Gasteiger partial charge < -0.3 is 10.1 Å². The maximum absolute atomic E-state index is 13.3. The van der Waals surface area contributed by atoms with Crippen molar-refractivity contribution in [1.82, 2.24) is 19.6 Å². The molecule has 1 N–H and O–H groups in total. The molecule has 0 unspecified atom stereocenters. The molecule has 3 aromatic rings. The number of ether oxygens (including phenoxy) is 1. The third kappa shape index (κ3) is 4.35. The number of anilines is 1. The zero-order valence-electron chi connectivity index (χ0n) is 17.5. The summed E-state index contributed by atoms with van der Waals surface area (Å²) in [7, 11) is 0. The molecule has 1 aliphatic rings. The van der Waals surface area contributed by atoms with Crippen LogP contribution in [0.15, 0.2) is 36.5 Å². The molecule has 2 aromatic heterocycles. The van der Waals surface area contributed by atoms with Gasteiger partial charge in [0.05, 0.1) is 11.9 Å². The number of nitrogens with one attached hydrogen (secondary N) is 1. The van der Waals surface area contributed by atoms with Crippen LogP contribution in [0.2, 0.25) is 0 Å². The Labute approximate surface area is 179 Å². The van der Waals surface area contributed by atoms with Gasteiger partial charge in [-0.2, -0.15) is 10.2 Å². The number of esters is 1. The van der Waals surface area contributed by atoms with Crippen LogP contribution in [0, 0.1) is 5.82 Å². The van der Waals surface area contributed by atoms with Crippen LogP contribution in [0.5, 0.6) is 0 Å². The molecule has 0 atom stereocenters. The molecular formula is C22H24FN5O3. The first kappa shape index (κ1) is 20.8. The van der Waals surface area contributed by atoms with Crippen molar-refractivity contribution in [1.29, 1.82) is 0 Å². The molecule has 0 spiro atoms. The van der Waals surface area contributed by atoms with E-state index in [0.29, 0.717) is 17.9 Å². The minimum absolute atomic E-state index is 0.0785. The highest BCUT2D eigenvalue weighted by molar-refractivity contribution is 5.95. The highest BCUT2D eigenvalue weighted by atomic mass is 19.1. The second-order valence-electron chi connectivity index (χ2n) is 7.75. The second kappa shape index (κ2) is 8.71. The number of rotatable bonds is 6. The molecule has 0 saturated heterocycles. The van der Waals surface area contributed by atoms with Crippen molar-refractivity contribution in [2.75, 3.05) is 11.9 Å². The third-order valence-corrected chi connectivity index (χ3v) is 5.21. The van der Waals surface area contributed by atoms with Gasteiger partial charge in [0.15, 0.2) is 12.3 Å². The maximum Gasteiger partial charge on any atom is 0.359 e. The van der Waals surface area contributed by atoms with Crippen molar-refractivity contribution >= 4 is 17.7 Å². The van der Waals surface area contributed by atoms with Gasteiger partial charge in [0.2, 0.25) is 0 Å². The van der Waals surface area contributed by atoms with Gasteiger partial charge in [-0.1, -0.05) is 0 Å². The molecule has 0 radical (unpaired) electrons. The summed E-state index contributed by atoms with van der Waals surface area (Å²) in [6.45, 7) is 3.47. The van der Waals surface area contributed by atoms with Crippen LogP contribution in [-0.4, -0.2) is 38.0 Å². The van der Waals surface area contributed by atoms with Crippen molar-refractivity contribution in [2.45, 2.75) is 45.6 Å². The summed E-state index contributed by atoms with van der Waals surface area (Å²) in [4.78, 5) is 25.0. The van der Waals surface area contributed by atoms with Crippen LogP contribution in [0.4, 0.5) is 10.2 Å². The van der Waals surface area contributed by atoms with Crippen molar-refractivity contribution < 1.29 is 18.7 Å². The van der Waals surface area contributed by atoms with Gasteiger partial charge in [-0.25, -0.2) is 18.5 Å². The first-order valence-electron chi connectivity index (χ1n) is 10.3. The first-order valence-corrected chi connectivity index (χ1v) is 10.3. The predicted octanol–water partition coefficient (Wildman–Crippen LogP) is 3.46. The number of hydrogen-bond donors (Lipinski definition) is 1. The quantitative estimate of drug-likeness (QED) is 0.611. The molecule has 0 saturated carbocycles. The Bertz CT molecular complexity index is 1100. The smallest absolute Gasteiger partial charge is 0.359 e. The van der Waals surface area contributed by atoms with E-state index in [-0.39, 0.29) is 17.6 Å². The van der Waals surface area contributed by atoms with E-state index in [4.69, 9.17) is 4.74 Å². The van der Waals surface area contributed by atoms with Gasteiger partial charge in [-0.3, -0.25) is 4.79 Å². The summed E-state index contributed by atoms with van der Waals surface area (Å²) >= 11 is 0. The van der Waals surface area contributed by atoms with Crippen LogP contribution < -0.4 is 5.32 Å². The summed E-state index contributed by atoms with van der Waals surface area (Å²) < 4.78 is 21.9. The minimum Gasteiger partial charge on any atom is -0.451 e. The third-order valence-electron chi connectivity index (χ3n) is 5.21. The number of nitrogens with zero attached hydrogens (tertiary/aromatic N) is 4. The molecule has 8 nitrogen and oxygen atoms in total. The lowest BCUT2D eigenvalue weighted by Crippen LogP contribution is -2.23. The number of fused-ring (bicyclic) bond motifs is 1. The number of aromatic nitrogens is 4. The van der Waals surface area contributed by atoms with Crippen LogP contribution in [0.1, 0.15) is 54.5 Å². The summed E-state index contributed by atoms with van der Waals surface area (Å²) in [6, 6.07) is 7.72. The summed E-state index contributed by atoms with van der Waals surface area (Å²) in [5, 5.41) is 11.3. The van der Waals surface area contributed by atoms with Gasteiger partial charge in [0.1, 0.15) is 11.6 Å². The average molecular weight is 425 g/mol. The Morgan fingerprint density at radius 1 is 1.16 bits per heavy atom. The highest BCUT2D eigenvalue weighted by Crippen LogP contribution is 2.27. The van der Waals surface area contributed by atoms with E-state index in [2.05, 4.69) is 15.5 Å². The maximum atomic E-state index is 13.3. The number of hydrogen-bond acceptors (Lipinski definition) is 5. The molecule has 4 rings (SSSR count). The SMILES string of the molecule is CC(C)n1nccc1NC(=O)COC(=O)c1nn(-c2ccc(F)cc2)c2c1CCCC2. The molecular weight excluding hydrogens is 401 g/mol. The zero-order valence-corrected chi connectivity index (χ0v) is 17.5. The second-order valence-corrected chi connectivity index (χ2v) is 7.75. The summed E-state index contributed by atoms with van der Waals surface area (Å²) in [5.74, 6) is -0.905. The summed E-state index contributed by atoms with van der Waals surface area (Å²) in [5.41, 5.74) is 2.64. The van der Waals surface area contributed by atoms with Gasteiger partial charge in [-0.15, -0.1) is 0 Å². The predicted molar refractivity (Wildman–Crippen MR) is 112 cm³/mol. The molecule has 0 bridgehead atoms. The number of halogens is 1. The largest absolute Gasteiger partial charge is 0.451 e. The minimum atomic E-state index is -0.647. The van der Waals surface area contributed by atoms with Gasteiger partial charge in [-0.05, 0) is 63.8 Å². The van der Waals surface area contributed by atoms with E-state index in [9.17, 15) is 14.0 Å². The Morgan fingerprint density at radius 2 is 1.90 bits per heavy atom. The summed E-state index contributed by atoms with van der Waals surface area (Å²) in [6.07, 6.45) is 5.01. The molecule has 1 aromatic carbocycles. The number of carbonyl (C=O) groups excluding carboxylic acids is 2. The van der Waals surface area contributed by atoms with E-state index in [1.165, 1.54) is 12.1 Å². The standard InChI is InChI=1S/C22H24FN5O3/c1-14(2)27-19(11-12-24-27)25-20(29)13-31-22(30)21-17-5-3-4-6-18(17)28(26-21)16-9-7-15(23)8-10-16/h7-12,14H,3-6,13H2,1-2H3,(H,25,29). The van der Waals surface area contributed by atoms with Crippen molar-refractivity contribution in [3.8, 4) is 5.69 Å². The topological polar surface area (TPSA) is 91.0 Å². The zero-order chi connectivity index (χ0) is 22.0. The molecule has 0 aliphatic heterocycles. The Morgan fingerprint density at radius 3 is 2.65 bits per heavy atom. The monoisotopic (exact) mass is 425 g/mol. The van der Waals surface area contributed by atoms with Crippen molar-refractivity contribution in [2.24, 2.45) is 0 Å². The Hall–Kier alpha value is -3.49. The average Bonchev–Trinajstić information content (AvgIpc) is 3.37. The molecule has 2 heterocycles. The fourth-order valence-corrected chi connectivity index (χ4v) is 3.76. The molecule has 31 heavy (non-hydrogen) atoms. The fraction of sp³-hybridized carbons (Fsp3) is 0.364. The van der Waals surface area contributed by atoms with E-state index in [1.807, 2.05) is 13.8 Å². The highest BCUT2D eigenvalue weighted by Gasteiger charge is 2.27. The number of benzene rings is 1. The van der Waals surface area contributed by atoms with Crippen molar-refractivity contribution in [3.05, 3.63) is 59.3 Å². The molecule has 9 heteroatoms. The number of carbonyl (C=O) groups is 2. The lowest BCUT2D eigenvalue weighted by molar-refractivity contribution is -0.119. The van der Waals surface area contributed by atoms with Crippen molar-refractivity contribution in [3.63, 3.8) is 0 Å². The molecule has 162 valence electrons. The van der Waals surface area contributed by atoms with E-state index < -0.39 is 18.5 Å². The van der Waals surface area contributed by atoms with E-state index in [1.54, 1.807) is 33.8 Å². The lowest BCUT2D eigenvalue weighted by Gasteiger charge is -2.14. The normalized spacial score (nSPS) is 13.2. The first-order chi connectivity index (χ1) is 14.9. The molecule has 1 aliphatic carbocycles. The Balaban J connectivity index is 1.49. The van der Waals surface area contributed by atoms with Crippen LogP contribution in [0.3, 0.4) is 0 Å². The Kier molecular flexibility index (Phi) is 5.83. The van der Waals surface area contributed by atoms with Crippen LogP contribution in [-0.2, 0) is 22.4 Å². The molecule has 1 amide bonds. The lowest BCUT2D eigenvalue weighted by atomic mass is 9.95. The van der Waals surface area contributed by atoms with Crippen LogP contribution in [0.25, 0.3) is 5.69 Å². The van der Waals surface area contributed by atoms with Crippen LogP contribution >= 0.6 is 0 Å².